The summed E-state index contributed by atoms with van der Waals surface area (Å²) in [6.07, 6.45) is 11.0. The summed E-state index contributed by atoms with van der Waals surface area (Å²) >= 11 is 0. The Bertz CT molecular complexity index is 133. The number of hydrogen-bond acceptors (Lipinski definition) is 2. The van der Waals surface area contributed by atoms with Crippen molar-refractivity contribution in [1.82, 2.24) is 10.4 Å². The van der Waals surface area contributed by atoms with Crippen molar-refractivity contribution in [1.29, 1.82) is 0 Å². The fourth-order valence-electron chi connectivity index (χ4n) is 2.37. The van der Waals surface area contributed by atoms with Gasteiger partial charge in [-0.05, 0) is 25.7 Å². The third kappa shape index (κ3) is 4.98. The maximum Gasteiger partial charge on any atom is 0.0243 e. The predicted molar refractivity (Wildman–Crippen MR) is 66.8 cm³/mol. The van der Waals surface area contributed by atoms with Gasteiger partial charge in [0.25, 0.3) is 0 Å². The van der Waals surface area contributed by atoms with E-state index in [2.05, 4.69) is 24.3 Å². The lowest BCUT2D eigenvalue weighted by atomic mass is 9.95. The monoisotopic (exact) mass is 212 g/mol. The Kier molecular flexibility index (Phi) is 7.03. The first kappa shape index (κ1) is 13.0. The van der Waals surface area contributed by atoms with Crippen LogP contribution >= 0.6 is 0 Å². The van der Waals surface area contributed by atoms with Gasteiger partial charge >= 0.3 is 0 Å². The van der Waals surface area contributed by atoms with E-state index in [0.29, 0.717) is 0 Å². The van der Waals surface area contributed by atoms with E-state index in [0.717, 1.165) is 12.6 Å². The lowest BCUT2D eigenvalue weighted by Gasteiger charge is -2.34. The van der Waals surface area contributed by atoms with Crippen LogP contribution in [0.2, 0.25) is 0 Å². The summed E-state index contributed by atoms with van der Waals surface area (Å²) in [6.45, 7) is 6.89. The van der Waals surface area contributed by atoms with Crippen LogP contribution < -0.4 is 5.43 Å². The Balaban J connectivity index is 2.30. The Morgan fingerprint density at radius 1 is 1.07 bits per heavy atom. The highest BCUT2D eigenvalue weighted by molar-refractivity contribution is 4.73. The highest BCUT2D eigenvalue weighted by Gasteiger charge is 2.19. The first-order valence-electron chi connectivity index (χ1n) is 6.88. The van der Waals surface area contributed by atoms with Crippen LogP contribution in [0.5, 0.6) is 0 Å². The van der Waals surface area contributed by atoms with Crippen LogP contribution in [0.1, 0.15) is 65.2 Å². The first-order chi connectivity index (χ1) is 7.38. The highest BCUT2D eigenvalue weighted by Crippen LogP contribution is 2.21. The van der Waals surface area contributed by atoms with Gasteiger partial charge in [0.2, 0.25) is 0 Å². The Morgan fingerprint density at radius 3 is 2.40 bits per heavy atom. The van der Waals surface area contributed by atoms with Gasteiger partial charge in [-0.2, -0.15) is 0 Å². The molecule has 0 radical (unpaired) electrons. The van der Waals surface area contributed by atoms with E-state index in [1.54, 1.807) is 0 Å². The second-order valence-electron chi connectivity index (χ2n) is 4.75. The maximum absolute atomic E-state index is 3.61. The van der Waals surface area contributed by atoms with E-state index >= 15 is 0 Å². The molecule has 0 spiro atoms. The van der Waals surface area contributed by atoms with Gasteiger partial charge in [-0.1, -0.05) is 39.5 Å². The van der Waals surface area contributed by atoms with Crippen LogP contribution in [0.4, 0.5) is 0 Å². The van der Waals surface area contributed by atoms with E-state index in [4.69, 9.17) is 0 Å². The molecule has 1 N–H and O–H groups in total. The number of nitrogens with zero attached hydrogens (tertiary/aromatic N) is 1. The van der Waals surface area contributed by atoms with Crippen molar-refractivity contribution in [2.45, 2.75) is 71.3 Å². The molecule has 15 heavy (non-hydrogen) atoms. The van der Waals surface area contributed by atoms with Crippen molar-refractivity contribution in [2.75, 3.05) is 13.1 Å². The lowest BCUT2D eigenvalue weighted by molar-refractivity contribution is 0.0935. The molecule has 1 fully saturated rings. The number of nitrogens with one attached hydrogen (secondary N) is 1. The van der Waals surface area contributed by atoms with Crippen molar-refractivity contribution >= 4 is 0 Å². The van der Waals surface area contributed by atoms with Crippen molar-refractivity contribution in [3.8, 4) is 0 Å². The minimum absolute atomic E-state index is 0.817. The molecule has 2 heteroatoms. The van der Waals surface area contributed by atoms with Gasteiger partial charge in [0, 0.05) is 19.1 Å². The largest absolute Gasteiger partial charge is 0.255 e. The first-order valence-corrected chi connectivity index (χ1v) is 6.88. The molecule has 0 aliphatic heterocycles. The molecule has 0 atom stereocenters. The van der Waals surface area contributed by atoms with Crippen LogP contribution in [-0.4, -0.2) is 24.1 Å². The third-order valence-electron chi connectivity index (χ3n) is 3.33. The second kappa shape index (κ2) is 8.12. The molecular formula is C13H28N2. The quantitative estimate of drug-likeness (QED) is 0.651. The average molecular weight is 212 g/mol. The number of hydrogen-bond donors (Lipinski definition) is 1. The molecule has 90 valence electrons. The molecule has 0 aromatic carbocycles. The summed E-state index contributed by atoms with van der Waals surface area (Å²) in [6, 6.07) is 0.817. The molecule has 1 aliphatic rings. The molecule has 0 aromatic heterocycles. The minimum atomic E-state index is 0.817. The SMILES string of the molecule is CCCCN(NCCC)C1CCCCC1. The average Bonchev–Trinajstić information content (AvgIpc) is 2.30. The number of unbranched alkanes of at least 4 members (excludes halogenated alkanes) is 1. The van der Waals surface area contributed by atoms with E-state index in [1.807, 2.05) is 0 Å². The summed E-state index contributed by atoms with van der Waals surface area (Å²) in [4.78, 5) is 0. The van der Waals surface area contributed by atoms with Gasteiger partial charge in [-0.3, -0.25) is 5.43 Å². The van der Waals surface area contributed by atoms with Crippen molar-refractivity contribution in [3.63, 3.8) is 0 Å². The Labute approximate surface area is 95.4 Å². The molecule has 1 rings (SSSR count). The summed E-state index contributed by atoms with van der Waals surface area (Å²) < 4.78 is 0. The van der Waals surface area contributed by atoms with Gasteiger partial charge in [-0.15, -0.1) is 0 Å². The van der Waals surface area contributed by atoms with Gasteiger partial charge in [0.05, 0.1) is 0 Å². The van der Waals surface area contributed by atoms with E-state index in [-0.39, 0.29) is 0 Å². The van der Waals surface area contributed by atoms with Crippen LogP contribution in [0.25, 0.3) is 0 Å². The molecule has 0 amide bonds. The molecule has 0 heterocycles. The standard InChI is InChI=1S/C13H28N2/c1-3-5-12-15(14-11-4-2)13-9-7-6-8-10-13/h13-14H,3-12H2,1-2H3. The lowest BCUT2D eigenvalue weighted by Crippen LogP contribution is -2.47. The van der Waals surface area contributed by atoms with Crippen LogP contribution in [-0.2, 0) is 0 Å². The van der Waals surface area contributed by atoms with Gasteiger partial charge in [-0.25, -0.2) is 5.01 Å². The molecule has 0 aromatic rings. The van der Waals surface area contributed by atoms with Crippen LogP contribution in [0.15, 0.2) is 0 Å². The molecule has 0 saturated heterocycles. The summed E-state index contributed by atoms with van der Waals surface area (Å²) in [5.41, 5.74) is 3.61. The van der Waals surface area contributed by atoms with E-state index < -0.39 is 0 Å². The van der Waals surface area contributed by atoms with Gasteiger partial charge in [0.15, 0.2) is 0 Å². The fourth-order valence-corrected chi connectivity index (χ4v) is 2.37. The highest BCUT2D eigenvalue weighted by atomic mass is 15.5. The normalized spacial score (nSPS) is 18.6. The summed E-state index contributed by atoms with van der Waals surface area (Å²) in [7, 11) is 0. The molecule has 0 unspecified atom stereocenters. The zero-order valence-corrected chi connectivity index (χ0v) is 10.6. The van der Waals surface area contributed by atoms with E-state index in [1.165, 1.54) is 57.9 Å². The topological polar surface area (TPSA) is 15.3 Å². The number of rotatable bonds is 7. The van der Waals surface area contributed by atoms with Crippen molar-refractivity contribution < 1.29 is 0 Å². The van der Waals surface area contributed by atoms with Crippen LogP contribution in [0, 0.1) is 0 Å². The molecule has 1 saturated carbocycles. The molecule has 0 bridgehead atoms. The number of hydrazine groups is 1. The van der Waals surface area contributed by atoms with Gasteiger partial charge in [0.1, 0.15) is 0 Å². The van der Waals surface area contributed by atoms with Crippen LogP contribution in [0.3, 0.4) is 0 Å². The molecule has 2 nitrogen and oxygen atoms in total. The van der Waals surface area contributed by atoms with Gasteiger partial charge < -0.3 is 0 Å². The fraction of sp³-hybridized carbons (Fsp3) is 1.00. The van der Waals surface area contributed by atoms with Crippen molar-refractivity contribution in [3.05, 3.63) is 0 Å². The third-order valence-corrected chi connectivity index (χ3v) is 3.33. The van der Waals surface area contributed by atoms with Crippen molar-refractivity contribution in [2.24, 2.45) is 0 Å². The predicted octanol–water partition coefficient (Wildman–Crippen LogP) is 3.34. The second-order valence-corrected chi connectivity index (χ2v) is 4.75. The van der Waals surface area contributed by atoms with E-state index in [9.17, 15) is 0 Å². The summed E-state index contributed by atoms with van der Waals surface area (Å²) in [5, 5.41) is 2.53. The zero-order chi connectivity index (χ0) is 10.9. The maximum atomic E-state index is 3.61. The summed E-state index contributed by atoms with van der Waals surface area (Å²) in [5.74, 6) is 0. The minimum Gasteiger partial charge on any atom is -0.255 e. The smallest absolute Gasteiger partial charge is 0.0243 e. The zero-order valence-electron chi connectivity index (χ0n) is 10.6. The Hall–Kier alpha value is -0.0800. The molecular weight excluding hydrogens is 184 g/mol. The Morgan fingerprint density at radius 2 is 1.80 bits per heavy atom. The molecule has 1 aliphatic carbocycles.